The van der Waals surface area contributed by atoms with E-state index in [1.165, 1.54) is 12.2 Å². The maximum atomic E-state index is 12.3. The Balaban J connectivity index is 1.58. The SMILES string of the molecule is C[C@@H]1C/C=C/C=C\C=C\C=C\C(O[C@@H]2O[C@H](C)[C@@H](O)[C@H](N)[C@@H]2O)CC2O[C@@](O)(C[C@H](O)C[C@@H]3O[C@H]3/C=C/C(=O)O1)C[C@@H](O)[C@@H]2C(=O)O. The molecule has 4 heterocycles. The Bertz CT molecular complexity index is 1220. The number of fused-ring (bicyclic) bond motifs is 3. The van der Waals surface area contributed by atoms with E-state index in [4.69, 9.17) is 29.4 Å². The van der Waals surface area contributed by atoms with E-state index >= 15 is 0 Å². The molecule has 0 radical (unpaired) electrons. The second-order valence-corrected chi connectivity index (χ2v) is 12.6. The Hall–Kier alpha value is -2.76. The maximum Gasteiger partial charge on any atom is 0.330 e. The third-order valence-electron chi connectivity index (χ3n) is 8.58. The first kappa shape index (κ1) is 37.1. The second-order valence-electron chi connectivity index (χ2n) is 12.6. The van der Waals surface area contributed by atoms with Gasteiger partial charge in [0.25, 0.3) is 0 Å². The van der Waals surface area contributed by atoms with Crippen LogP contribution in [0.2, 0.25) is 0 Å². The van der Waals surface area contributed by atoms with Crippen LogP contribution < -0.4 is 5.73 Å². The summed E-state index contributed by atoms with van der Waals surface area (Å²) in [6, 6.07) is -1.08. The monoisotopic (exact) mass is 665 g/mol. The molecular formula is C33H47NO13. The van der Waals surface area contributed by atoms with Crippen molar-refractivity contribution >= 4 is 11.9 Å². The highest BCUT2D eigenvalue weighted by Gasteiger charge is 2.51. The van der Waals surface area contributed by atoms with Crippen LogP contribution in [-0.2, 0) is 33.3 Å². The van der Waals surface area contributed by atoms with E-state index in [1.807, 2.05) is 6.08 Å². The van der Waals surface area contributed by atoms with Gasteiger partial charge in [0.15, 0.2) is 12.1 Å². The van der Waals surface area contributed by atoms with Crippen molar-refractivity contribution < 1.29 is 63.9 Å². The number of aliphatic hydroxyl groups is 5. The number of cyclic esters (lactones) is 1. The third-order valence-corrected chi connectivity index (χ3v) is 8.58. The molecular weight excluding hydrogens is 618 g/mol. The Labute approximate surface area is 273 Å². The summed E-state index contributed by atoms with van der Waals surface area (Å²) in [5.74, 6) is -5.45. The van der Waals surface area contributed by atoms with Gasteiger partial charge in [-0.25, -0.2) is 4.79 Å². The number of carboxylic acid groups (broad SMARTS) is 1. The topological polar surface area (TPSA) is 231 Å². The number of epoxide rings is 1. The molecule has 0 amide bonds. The van der Waals surface area contributed by atoms with Gasteiger partial charge < -0.3 is 60.1 Å². The van der Waals surface area contributed by atoms with Crippen molar-refractivity contribution in [2.24, 2.45) is 11.7 Å². The van der Waals surface area contributed by atoms with E-state index in [0.717, 1.165) is 0 Å². The number of hydrogen-bond donors (Lipinski definition) is 7. The van der Waals surface area contributed by atoms with Crippen molar-refractivity contribution in [2.45, 2.75) is 125 Å². The lowest BCUT2D eigenvalue weighted by molar-refractivity contribution is -0.308. The smallest absolute Gasteiger partial charge is 0.330 e. The van der Waals surface area contributed by atoms with Gasteiger partial charge in [-0.05, 0) is 19.9 Å². The molecule has 8 N–H and O–H groups in total. The molecule has 4 rings (SSSR count). The molecule has 14 atom stereocenters. The molecule has 0 aromatic carbocycles. The molecule has 0 aromatic heterocycles. The van der Waals surface area contributed by atoms with Crippen molar-refractivity contribution in [3.63, 3.8) is 0 Å². The molecule has 0 aliphatic carbocycles. The number of nitrogens with two attached hydrogens (primary N) is 1. The van der Waals surface area contributed by atoms with Crippen LogP contribution in [0.4, 0.5) is 0 Å². The number of carbonyl (C=O) groups is 2. The largest absolute Gasteiger partial charge is 0.481 e. The number of carbonyl (C=O) groups excluding carboxylic acids is 1. The molecule has 0 saturated carbocycles. The second kappa shape index (κ2) is 16.6. The summed E-state index contributed by atoms with van der Waals surface area (Å²) < 4.78 is 28.5. The normalized spacial score (nSPS) is 47.2. The first-order valence-electron chi connectivity index (χ1n) is 15.9. The maximum absolute atomic E-state index is 12.3. The fourth-order valence-electron chi connectivity index (χ4n) is 6.00. The van der Waals surface area contributed by atoms with Gasteiger partial charge in [0.2, 0.25) is 0 Å². The van der Waals surface area contributed by atoms with E-state index in [1.54, 1.807) is 56.4 Å². The zero-order valence-electron chi connectivity index (χ0n) is 26.4. The predicted octanol–water partition coefficient (Wildman–Crippen LogP) is 0.120. The molecule has 0 aromatic rings. The average Bonchev–Trinajstić information content (AvgIpc) is 3.72. The van der Waals surface area contributed by atoms with Crippen LogP contribution in [0.3, 0.4) is 0 Å². The van der Waals surface area contributed by atoms with Gasteiger partial charge in [-0.15, -0.1) is 0 Å². The number of carboxylic acids is 1. The van der Waals surface area contributed by atoms with Crippen LogP contribution in [0.25, 0.3) is 0 Å². The van der Waals surface area contributed by atoms with E-state index in [-0.39, 0.29) is 25.4 Å². The van der Waals surface area contributed by atoms with Crippen molar-refractivity contribution in [3.05, 3.63) is 60.8 Å². The Morgan fingerprint density at radius 1 is 0.936 bits per heavy atom. The standard InChI is InChI=1S/C33H47NO13/c1-18-10-8-6-4-3-5-7-9-11-21(45-32-30(39)28(34)29(38)19(2)44-32)15-25-27(31(40)41)22(36)17-33(42,47-25)16-20(35)14-24-23(46-24)12-13-26(37)43-18/h3-9,11-13,18-25,27-30,32,35-36,38-39,42H,10,14-17,34H2,1-2H3,(H,40,41)/b4-3-,7-5+,8-6+,11-9+,13-12+/t18-,19-,20-,21?,22-,23+,24+,25?,27+,28+,29-,30+,32+,33+/m1/s1. The molecule has 14 heteroatoms. The van der Waals surface area contributed by atoms with E-state index in [0.29, 0.717) is 6.42 Å². The number of ether oxygens (including phenoxy) is 5. The van der Waals surface area contributed by atoms with Crippen molar-refractivity contribution in [1.82, 2.24) is 0 Å². The summed E-state index contributed by atoms with van der Waals surface area (Å²) in [5.41, 5.74) is 5.98. The first-order chi connectivity index (χ1) is 22.3. The van der Waals surface area contributed by atoms with Gasteiger partial charge in [-0.2, -0.15) is 0 Å². The summed E-state index contributed by atoms with van der Waals surface area (Å²) in [6.45, 7) is 3.34. The van der Waals surface area contributed by atoms with Crippen molar-refractivity contribution in [2.75, 3.05) is 0 Å². The van der Waals surface area contributed by atoms with Crippen molar-refractivity contribution in [3.8, 4) is 0 Å². The lowest BCUT2D eigenvalue weighted by Gasteiger charge is -2.45. The minimum Gasteiger partial charge on any atom is -0.481 e. The van der Waals surface area contributed by atoms with Gasteiger partial charge in [0.1, 0.15) is 24.2 Å². The highest BCUT2D eigenvalue weighted by molar-refractivity contribution is 5.82. The number of aliphatic hydroxyl groups excluding tert-OH is 4. The van der Waals surface area contributed by atoms with E-state index in [9.17, 15) is 40.2 Å². The number of hydrogen-bond acceptors (Lipinski definition) is 13. The minimum absolute atomic E-state index is 0.0789. The quantitative estimate of drug-likeness (QED) is 0.157. The molecule has 47 heavy (non-hydrogen) atoms. The fourth-order valence-corrected chi connectivity index (χ4v) is 6.00. The Morgan fingerprint density at radius 3 is 2.36 bits per heavy atom. The van der Waals surface area contributed by atoms with Gasteiger partial charge in [0.05, 0.1) is 48.8 Å². The number of rotatable bonds is 3. The summed E-state index contributed by atoms with van der Waals surface area (Å²) in [5, 5.41) is 63.9. The summed E-state index contributed by atoms with van der Waals surface area (Å²) in [6.07, 6.45) is 5.25. The summed E-state index contributed by atoms with van der Waals surface area (Å²) in [4.78, 5) is 24.4. The molecule has 2 bridgehead atoms. The number of allylic oxidation sites excluding steroid dienone is 6. The van der Waals surface area contributed by atoms with Gasteiger partial charge in [-0.3, -0.25) is 4.79 Å². The molecule has 3 fully saturated rings. The van der Waals surface area contributed by atoms with Gasteiger partial charge in [-0.1, -0.05) is 48.6 Å². The van der Waals surface area contributed by atoms with Gasteiger partial charge in [0, 0.05) is 38.2 Å². The zero-order valence-corrected chi connectivity index (χ0v) is 26.4. The summed E-state index contributed by atoms with van der Waals surface area (Å²) >= 11 is 0. The lowest BCUT2D eigenvalue weighted by Crippen LogP contribution is -2.61. The average molecular weight is 666 g/mol. The highest BCUT2D eigenvalue weighted by Crippen LogP contribution is 2.39. The molecule has 14 nitrogen and oxygen atoms in total. The third kappa shape index (κ3) is 10.6. The molecule has 2 unspecified atom stereocenters. The molecule has 4 aliphatic heterocycles. The number of aliphatic carboxylic acids is 1. The van der Waals surface area contributed by atoms with Crippen LogP contribution >= 0.6 is 0 Å². The van der Waals surface area contributed by atoms with Crippen molar-refractivity contribution in [1.29, 1.82) is 0 Å². The molecule has 262 valence electrons. The molecule has 3 saturated heterocycles. The predicted molar refractivity (Wildman–Crippen MR) is 165 cm³/mol. The Morgan fingerprint density at radius 2 is 1.64 bits per heavy atom. The van der Waals surface area contributed by atoms with Crippen LogP contribution in [-0.4, -0.2) is 122 Å². The summed E-state index contributed by atoms with van der Waals surface area (Å²) in [7, 11) is 0. The lowest BCUT2D eigenvalue weighted by atomic mass is 9.83. The molecule has 0 spiro atoms. The Kier molecular flexibility index (Phi) is 13.1. The van der Waals surface area contributed by atoms with Gasteiger partial charge >= 0.3 is 11.9 Å². The van der Waals surface area contributed by atoms with E-state index < -0.39 is 97.3 Å². The highest BCUT2D eigenvalue weighted by atomic mass is 16.7. The number of esters is 1. The van der Waals surface area contributed by atoms with Crippen LogP contribution in [0, 0.1) is 5.92 Å². The fraction of sp³-hybridized carbons (Fsp3) is 0.636. The first-order valence-corrected chi connectivity index (χ1v) is 15.9. The molecule has 4 aliphatic rings. The minimum atomic E-state index is -2.10. The van der Waals surface area contributed by atoms with Crippen LogP contribution in [0.5, 0.6) is 0 Å². The van der Waals surface area contributed by atoms with Crippen LogP contribution in [0.15, 0.2) is 60.8 Å². The van der Waals surface area contributed by atoms with E-state index in [2.05, 4.69) is 0 Å². The zero-order chi connectivity index (χ0) is 34.3. The van der Waals surface area contributed by atoms with Crippen LogP contribution in [0.1, 0.15) is 46.0 Å².